The van der Waals surface area contributed by atoms with Crippen molar-refractivity contribution >= 4 is 11.3 Å². The van der Waals surface area contributed by atoms with E-state index in [4.69, 9.17) is 0 Å². The Labute approximate surface area is 316 Å². The topological polar surface area (TPSA) is 149 Å². The van der Waals surface area contributed by atoms with Crippen LogP contribution in [0.1, 0.15) is 39.3 Å². The lowest BCUT2D eigenvalue weighted by Gasteiger charge is -2.17. The number of ether oxygens (including phenoxy) is 4. The van der Waals surface area contributed by atoms with Gasteiger partial charge in [-0.15, -0.1) is 20.4 Å². The van der Waals surface area contributed by atoms with Gasteiger partial charge in [0, 0.05) is 23.5 Å². The maximum atomic E-state index is 14.2. The summed E-state index contributed by atoms with van der Waals surface area (Å²) in [5.74, 6) is -5.83. The molecule has 6 aromatic heterocycles. The number of aromatic nitrogens is 10. The van der Waals surface area contributed by atoms with Crippen molar-refractivity contribution in [1.29, 1.82) is 0 Å². The quantitative estimate of drug-likeness (QED) is 0.113. The van der Waals surface area contributed by atoms with Crippen LogP contribution in [0.2, 0.25) is 0 Å². The standard InChI is InChI=1S/2C16H13F6N5O2/c2*1-3-28-16(21,22)14-25-24-12-5-4-11(26-27(12)14)9-6-10(17)13(23-7-9)29-8(2)15(18,19)20/h2*4-8H,3H2,1-2H3/t2*8-/m10/s1. The van der Waals surface area contributed by atoms with Crippen molar-refractivity contribution in [3.05, 3.63) is 72.1 Å². The molecule has 0 aromatic carbocycles. The van der Waals surface area contributed by atoms with Gasteiger partial charge in [-0.1, -0.05) is 0 Å². The second-order valence-electron chi connectivity index (χ2n) is 11.5. The fraction of sp³-hybridized carbons (Fsp3) is 0.375. The van der Waals surface area contributed by atoms with E-state index in [1.54, 1.807) is 0 Å². The highest BCUT2D eigenvalue weighted by Crippen LogP contribution is 2.32. The Morgan fingerprint density at radius 2 is 0.931 bits per heavy atom. The van der Waals surface area contributed by atoms with Crippen LogP contribution in [0.5, 0.6) is 11.8 Å². The molecule has 0 aliphatic rings. The molecule has 0 aliphatic heterocycles. The van der Waals surface area contributed by atoms with Crippen LogP contribution in [0.3, 0.4) is 0 Å². The van der Waals surface area contributed by atoms with E-state index in [1.807, 2.05) is 0 Å². The van der Waals surface area contributed by atoms with Crippen LogP contribution in [0.15, 0.2) is 48.8 Å². The monoisotopic (exact) mass is 842 g/mol. The van der Waals surface area contributed by atoms with Crippen molar-refractivity contribution in [2.75, 3.05) is 13.2 Å². The van der Waals surface area contributed by atoms with E-state index in [1.165, 1.54) is 38.1 Å². The van der Waals surface area contributed by atoms with Gasteiger partial charge in [-0.3, -0.25) is 0 Å². The molecule has 6 aromatic rings. The maximum Gasteiger partial charge on any atom is 0.425 e. The summed E-state index contributed by atoms with van der Waals surface area (Å²) in [6.07, 6.45) is -19.5. The molecule has 0 unspecified atom stereocenters. The molecule has 0 fully saturated rings. The molecular weight excluding hydrogens is 816 g/mol. The van der Waals surface area contributed by atoms with Gasteiger partial charge in [-0.25, -0.2) is 18.7 Å². The van der Waals surface area contributed by atoms with Gasteiger partial charge in [0.2, 0.25) is 0 Å². The number of halogens is 12. The van der Waals surface area contributed by atoms with Gasteiger partial charge in [0.05, 0.1) is 24.6 Å². The fourth-order valence-electron chi connectivity index (χ4n) is 4.51. The van der Waals surface area contributed by atoms with Crippen LogP contribution in [-0.4, -0.2) is 87.4 Å². The summed E-state index contributed by atoms with van der Waals surface area (Å²) in [6, 6.07) is 6.92. The van der Waals surface area contributed by atoms with Crippen LogP contribution in [0.4, 0.5) is 52.7 Å². The molecule has 58 heavy (non-hydrogen) atoms. The third-order valence-corrected chi connectivity index (χ3v) is 7.40. The zero-order chi connectivity index (χ0) is 42.8. The normalized spacial score (nSPS) is 13.7. The number of rotatable bonds is 12. The van der Waals surface area contributed by atoms with Crippen molar-refractivity contribution in [3.8, 4) is 34.3 Å². The second-order valence-corrected chi connectivity index (χ2v) is 11.5. The average molecular weight is 843 g/mol. The first-order chi connectivity index (χ1) is 27.1. The smallest absolute Gasteiger partial charge is 0.425 e. The summed E-state index contributed by atoms with van der Waals surface area (Å²) < 4.78 is 179. The summed E-state index contributed by atoms with van der Waals surface area (Å²) >= 11 is 0. The predicted octanol–water partition coefficient (Wildman–Crippen LogP) is 7.48. The van der Waals surface area contributed by atoms with E-state index in [0.29, 0.717) is 13.8 Å². The predicted molar refractivity (Wildman–Crippen MR) is 171 cm³/mol. The van der Waals surface area contributed by atoms with E-state index in [-0.39, 0.29) is 47.0 Å². The van der Waals surface area contributed by atoms with Crippen molar-refractivity contribution in [2.45, 2.75) is 64.5 Å². The first-order valence-corrected chi connectivity index (χ1v) is 16.3. The molecule has 14 nitrogen and oxygen atoms in total. The molecule has 6 heterocycles. The lowest BCUT2D eigenvalue weighted by molar-refractivity contribution is -0.252. The van der Waals surface area contributed by atoms with Gasteiger partial charge in [0.15, 0.2) is 35.1 Å². The van der Waals surface area contributed by atoms with Crippen LogP contribution < -0.4 is 9.47 Å². The molecule has 0 saturated heterocycles. The summed E-state index contributed by atoms with van der Waals surface area (Å²) in [5, 5.41) is 21.7. The Balaban J connectivity index is 0.000000221. The van der Waals surface area contributed by atoms with Crippen LogP contribution in [-0.2, 0) is 21.7 Å². The van der Waals surface area contributed by atoms with E-state index >= 15 is 0 Å². The molecule has 0 amide bonds. The molecule has 0 saturated carbocycles. The van der Waals surface area contributed by atoms with Crippen molar-refractivity contribution < 1.29 is 71.6 Å². The van der Waals surface area contributed by atoms with Gasteiger partial charge < -0.3 is 18.9 Å². The number of fused-ring (bicyclic) bond motifs is 2. The highest BCUT2D eigenvalue weighted by molar-refractivity contribution is 5.61. The molecule has 0 aliphatic carbocycles. The Hall–Kier alpha value is -5.92. The van der Waals surface area contributed by atoms with E-state index < -0.39 is 71.8 Å². The summed E-state index contributed by atoms with van der Waals surface area (Å²) in [7, 11) is 0. The molecule has 0 spiro atoms. The van der Waals surface area contributed by atoms with Crippen LogP contribution in [0.25, 0.3) is 33.8 Å². The number of hydrogen-bond acceptors (Lipinski definition) is 12. The number of hydrogen-bond donors (Lipinski definition) is 0. The Morgan fingerprint density at radius 1 is 0.569 bits per heavy atom. The largest absolute Gasteiger partial charge is 0.463 e. The molecule has 0 N–H and O–H groups in total. The minimum atomic E-state index is -4.70. The zero-order valence-corrected chi connectivity index (χ0v) is 29.8. The molecule has 6 rings (SSSR count). The third-order valence-electron chi connectivity index (χ3n) is 7.40. The minimum absolute atomic E-state index is 0.00679. The molecule has 2 atom stereocenters. The first-order valence-electron chi connectivity index (χ1n) is 16.3. The highest BCUT2D eigenvalue weighted by Gasteiger charge is 2.41. The summed E-state index contributed by atoms with van der Waals surface area (Å²) in [5.41, 5.74) is -0.0297. The molecule has 0 bridgehead atoms. The van der Waals surface area contributed by atoms with E-state index in [9.17, 15) is 52.7 Å². The molecular formula is C32H26F12N10O4. The van der Waals surface area contributed by atoms with Gasteiger partial charge in [-0.2, -0.15) is 63.1 Å². The number of alkyl halides is 10. The maximum absolute atomic E-state index is 14.2. The minimum Gasteiger partial charge on any atom is -0.463 e. The Morgan fingerprint density at radius 3 is 1.24 bits per heavy atom. The fourth-order valence-corrected chi connectivity index (χ4v) is 4.51. The van der Waals surface area contributed by atoms with Crippen LogP contribution >= 0.6 is 0 Å². The van der Waals surface area contributed by atoms with Gasteiger partial charge in [0.25, 0.3) is 23.4 Å². The third kappa shape index (κ3) is 9.60. The van der Waals surface area contributed by atoms with E-state index in [2.05, 4.69) is 59.5 Å². The van der Waals surface area contributed by atoms with Crippen molar-refractivity contribution in [2.24, 2.45) is 0 Å². The van der Waals surface area contributed by atoms with E-state index in [0.717, 1.165) is 33.6 Å². The zero-order valence-electron chi connectivity index (χ0n) is 29.8. The lowest BCUT2D eigenvalue weighted by Crippen LogP contribution is -2.31. The van der Waals surface area contributed by atoms with Gasteiger partial charge >= 0.3 is 24.6 Å². The van der Waals surface area contributed by atoms with Crippen molar-refractivity contribution in [1.82, 2.24) is 49.6 Å². The average Bonchev–Trinajstić information content (AvgIpc) is 3.78. The SMILES string of the molecule is CCOC(F)(F)c1nnc2ccc(-c3cnc(O[C@@H](C)C(F)(F)F)c(F)c3)nn12.CCOC(F)(F)c1nnc2ccc(-c3cnc(O[C@H](C)C(F)(F)F)c(F)c3)nn12. The molecule has 0 radical (unpaired) electrons. The van der Waals surface area contributed by atoms with Gasteiger partial charge in [-0.05, 0) is 64.1 Å². The second kappa shape index (κ2) is 16.5. The number of nitrogens with zero attached hydrogens (tertiary/aromatic N) is 10. The van der Waals surface area contributed by atoms with Crippen molar-refractivity contribution in [3.63, 3.8) is 0 Å². The summed E-state index contributed by atoms with van der Waals surface area (Å²) in [6.45, 7) is 3.55. The Bertz CT molecular complexity index is 2210. The van der Waals surface area contributed by atoms with Gasteiger partial charge in [0.1, 0.15) is 0 Å². The summed E-state index contributed by atoms with van der Waals surface area (Å²) in [4.78, 5) is 7.05. The van der Waals surface area contributed by atoms with Crippen LogP contribution in [0, 0.1) is 11.6 Å². The Kier molecular flexibility index (Phi) is 12.3. The lowest BCUT2D eigenvalue weighted by atomic mass is 10.2. The first kappa shape index (κ1) is 43.2. The number of pyridine rings is 2. The highest BCUT2D eigenvalue weighted by atomic mass is 19.4. The molecule has 312 valence electrons. The molecule has 26 heteroatoms.